The first-order valence-corrected chi connectivity index (χ1v) is 11.0. The molecule has 2 aromatic carbocycles. The maximum absolute atomic E-state index is 11.3. The van der Waals surface area contributed by atoms with Gasteiger partial charge in [0, 0.05) is 22.9 Å². The Morgan fingerprint density at radius 2 is 1.72 bits per heavy atom. The van der Waals surface area contributed by atoms with Gasteiger partial charge in [-0.2, -0.15) is 4.57 Å². The van der Waals surface area contributed by atoms with Gasteiger partial charge < -0.3 is 15.5 Å². The van der Waals surface area contributed by atoms with Crippen molar-refractivity contribution in [3.8, 4) is 0 Å². The number of aromatic nitrogens is 1. The van der Waals surface area contributed by atoms with E-state index in [0.717, 1.165) is 16.8 Å². The Bertz CT molecular complexity index is 1160. The normalized spacial score (nSPS) is 12.3. The molecule has 0 aliphatic heterocycles. The topological polar surface area (TPSA) is 56.4 Å². The summed E-state index contributed by atoms with van der Waals surface area (Å²) in [5.41, 5.74) is 6.14. The second kappa shape index (κ2) is 9.63. The third-order valence-corrected chi connectivity index (χ3v) is 5.69. The zero-order valence-electron chi connectivity index (χ0n) is 19.3. The first-order chi connectivity index (χ1) is 15.1. The lowest BCUT2D eigenvalue weighted by Gasteiger charge is -2.19. The van der Waals surface area contributed by atoms with Crippen molar-refractivity contribution in [3.63, 3.8) is 0 Å². The van der Waals surface area contributed by atoms with Crippen molar-refractivity contribution in [2.75, 3.05) is 5.32 Å². The van der Waals surface area contributed by atoms with Crippen LogP contribution in [0.4, 0.5) is 5.69 Å². The molecule has 0 aliphatic carbocycles. The molecule has 0 atom stereocenters. The lowest BCUT2D eigenvalue weighted by molar-refractivity contribution is -0.576. The highest BCUT2D eigenvalue weighted by Crippen LogP contribution is 2.26. The molecule has 0 radical (unpaired) electrons. The van der Waals surface area contributed by atoms with Crippen LogP contribution in [0.1, 0.15) is 48.6 Å². The lowest BCUT2D eigenvalue weighted by atomic mass is 9.86. The predicted octanol–water partition coefficient (Wildman–Crippen LogP) is 5.70. The number of aliphatic hydroxyl groups excluding tert-OH is 2. The van der Waals surface area contributed by atoms with Crippen LogP contribution >= 0.6 is 12.2 Å². The van der Waals surface area contributed by atoms with Crippen LogP contribution < -0.4 is 9.88 Å². The molecule has 0 unspecified atom stereocenters. The summed E-state index contributed by atoms with van der Waals surface area (Å²) in [5, 5.41) is 24.2. The number of benzene rings is 2. The van der Waals surface area contributed by atoms with Gasteiger partial charge in [-0.15, -0.1) is 0 Å². The minimum absolute atomic E-state index is 0.0186. The molecule has 0 saturated heterocycles. The summed E-state index contributed by atoms with van der Waals surface area (Å²) >= 11 is 5.76. The number of nitrogens with one attached hydrogen (secondary N) is 1. The third-order valence-electron chi connectivity index (χ3n) is 5.40. The zero-order valence-corrected chi connectivity index (χ0v) is 20.1. The van der Waals surface area contributed by atoms with E-state index < -0.39 is 0 Å². The van der Waals surface area contributed by atoms with Crippen molar-refractivity contribution < 1.29 is 14.8 Å². The van der Waals surface area contributed by atoms with Gasteiger partial charge in [0.1, 0.15) is 0 Å². The fourth-order valence-electron chi connectivity index (χ4n) is 3.50. The molecule has 3 N–H and O–H groups in total. The molecular formula is C27H31N2O2S+. The average Bonchev–Trinajstić information content (AvgIpc) is 2.75. The highest BCUT2D eigenvalue weighted by molar-refractivity contribution is 7.81. The van der Waals surface area contributed by atoms with E-state index in [1.54, 1.807) is 10.8 Å². The van der Waals surface area contributed by atoms with Crippen molar-refractivity contribution in [2.45, 2.75) is 46.6 Å². The van der Waals surface area contributed by atoms with E-state index in [-0.39, 0.29) is 17.8 Å². The van der Waals surface area contributed by atoms with Crippen LogP contribution in [0.3, 0.4) is 0 Å². The summed E-state index contributed by atoms with van der Waals surface area (Å²) in [5.74, 6) is 0.0628. The van der Waals surface area contributed by atoms with E-state index in [1.165, 1.54) is 11.1 Å². The summed E-state index contributed by atoms with van der Waals surface area (Å²) in [6.45, 7) is 10.4. The van der Waals surface area contributed by atoms with Gasteiger partial charge in [0.2, 0.25) is 0 Å². The molecule has 166 valence electrons. The highest BCUT2D eigenvalue weighted by atomic mass is 32.1. The Balaban J connectivity index is 2.10. The zero-order chi connectivity index (χ0) is 23.5. The van der Waals surface area contributed by atoms with Crippen molar-refractivity contribution in [1.29, 1.82) is 0 Å². The molecule has 3 aromatic rings. The number of thiocarbonyl (C=S) groups is 1. The lowest BCUT2D eigenvalue weighted by Crippen LogP contribution is -2.39. The number of aryl methyl sites for hydroxylation is 2. The molecule has 0 fully saturated rings. The quantitative estimate of drug-likeness (QED) is 0.203. The summed E-state index contributed by atoms with van der Waals surface area (Å²) in [6, 6.07) is 17.6. The number of rotatable bonds is 5. The maximum atomic E-state index is 11.3. The van der Waals surface area contributed by atoms with E-state index in [9.17, 15) is 10.2 Å². The SMILES string of the molecule is Cc1ccc(NC(=S)/C(=C(\O)c2ccc(C(C)(C)C)cc2)[n+]2cccc(CO)c2)c(C)c1. The van der Waals surface area contributed by atoms with E-state index >= 15 is 0 Å². The molecule has 0 aliphatic rings. The molecule has 0 spiro atoms. The minimum atomic E-state index is -0.105. The van der Waals surface area contributed by atoms with Crippen LogP contribution in [0.2, 0.25) is 0 Å². The molecular weight excluding hydrogens is 416 g/mol. The van der Waals surface area contributed by atoms with Gasteiger partial charge in [0.15, 0.2) is 23.1 Å². The largest absolute Gasteiger partial charge is 0.502 e. The Kier molecular flexibility index (Phi) is 7.12. The fraction of sp³-hybridized carbons (Fsp3) is 0.259. The van der Waals surface area contributed by atoms with E-state index in [1.807, 2.05) is 68.6 Å². The van der Waals surface area contributed by atoms with Gasteiger partial charge in [-0.3, -0.25) is 0 Å². The van der Waals surface area contributed by atoms with Crippen LogP contribution in [0, 0.1) is 13.8 Å². The van der Waals surface area contributed by atoms with Crippen molar-refractivity contribution in [3.05, 3.63) is 94.8 Å². The van der Waals surface area contributed by atoms with E-state index in [4.69, 9.17) is 12.2 Å². The van der Waals surface area contributed by atoms with Crippen molar-refractivity contribution in [1.82, 2.24) is 0 Å². The average molecular weight is 448 g/mol. The second-order valence-electron chi connectivity index (χ2n) is 9.07. The van der Waals surface area contributed by atoms with Gasteiger partial charge in [-0.25, -0.2) is 0 Å². The van der Waals surface area contributed by atoms with Crippen LogP contribution in [-0.2, 0) is 12.0 Å². The summed E-state index contributed by atoms with van der Waals surface area (Å²) < 4.78 is 1.75. The number of aliphatic hydroxyl groups is 2. The molecule has 4 nitrogen and oxygen atoms in total. The molecule has 3 rings (SSSR count). The van der Waals surface area contributed by atoms with E-state index in [2.05, 4.69) is 32.2 Å². The van der Waals surface area contributed by atoms with Crippen LogP contribution in [0.15, 0.2) is 67.0 Å². The second-order valence-corrected chi connectivity index (χ2v) is 9.48. The first-order valence-electron chi connectivity index (χ1n) is 10.6. The molecule has 0 amide bonds. The molecule has 32 heavy (non-hydrogen) atoms. The highest BCUT2D eigenvalue weighted by Gasteiger charge is 2.25. The van der Waals surface area contributed by atoms with Gasteiger partial charge in [-0.05, 0) is 42.5 Å². The minimum Gasteiger partial charge on any atom is -0.502 e. The first kappa shape index (κ1) is 23.6. The van der Waals surface area contributed by atoms with Gasteiger partial charge in [-0.1, -0.05) is 75.0 Å². The van der Waals surface area contributed by atoms with Gasteiger partial charge in [0.25, 0.3) is 5.70 Å². The third kappa shape index (κ3) is 5.42. The van der Waals surface area contributed by atoms with Crippen molar-refractivity contribution in [2.24, 2.45) is 0 Å². The van der Waals surface area contributed by atoms with E-state index in [0.29, 0.717) is 16.2 Å². The predicted molar refractivity (Wildman–Crippen MR) is 136 cm³/mol. The number of pyridine rings is 1. The molecule has 1 heterocycles. The Morgan fingerprint density at radius 1 is 1.03 bits per heavy atom. The van der Waals surface area contributed by atoms with Crippen molar-refractivity contribution >= 4 is 34.3 Å². The standard InChI is InChI=1S/C27H30N2O2S/c1-18-8-13-23(19(2)15-18)28-26(32)24(29-14-6-7-20(16-29)17-30)25(31)21-9-11-22(12-10-21)27(3,4)5/h6-16,30H,17H2,1-5H3,(H-,28,31,32)/p+1. The molecule has 0 bridgehead atoms. The van der Waals surface area contributed by atoms with Gasteiger partial charge >= 0.3 is 0 Å². The summed E-state index contributed by atoms with van der Waals surface area (Å²) in [6.07, 6.45) is 3.58. The van der Waals surface area contributed by atoms with Gasteiger partial charge in [0.05, 0.1) is 6.61 Å². The Hall–Kier alpha value is -3.02. The molecule has 1 aromatic heterocycles. The number of anilines is 1. The smallest absolute Gasteiger partial charge is 0.288 e. The monoisotopic (exact) mass is 447 g/mol. The van der Waals surface area contributed by atoms with Crippen LogP contribution in [0.5, 0.6) is 0 Å². The fourth-order valence-corrected chi connectivity index (χ4v) is 3.82. The van der Waals surface area contributed by atoms with Crippen LogP contribution in [-0.4, -0.2) is 15.2 Å². The number of hydrogen-bond donors (Lipinski definition) is 3. The Morgan fingerprint density at radius 3 is 2.31 bits per heavy atom. The number of nitrogens with zero attached hydrogens (tertiary/aromatic N) is 1. The molecule has 0 saturated carbocycles. The summed E-state index contributed by atoms with van der Waals surface area (Å²) in [4.78, 5) is 0.384. The molecule has 5 heteroatoms. The Labute approximate surface area is 195 Å². The maximum Gasteiger partial charge on any atom is 0.288 e. The van der Waals surface area contributed by atoms with Crippen LogP contribution in [0.25, 0.3) is 11.5 Å². The number of hydrogen-bond acceptors (Lipinski definition) is 3. The summed E-state index contributed by atoms with van der Waals surface area (Å²) in [7, 11) is 0.